The molecule has 0 radical (unpaired) electrons. The summed E-state index contributed by atoms with van der Waals surface area (Å²) in [6, 6.07) is 11.6. The van der Waals surface area contributed by atoms with Gasteiger partial charge in [0, 0.05) is 31.4 Å². The van der Waals surface area contributed by atoms with Crippen molar-refractivity contribution in [1.82, 2.24) is 4.31 Å². The van der Waals surface area contributed by atoms with Crippen LogP contribution in [0.4, 0.5) is 5.69 Å². The highest BCUT2D eigenvalue weighted by Crippen LogP contribution is 2.29. The standard InChI is InChI=1S/C17H20N2O4S/c1-12-6-5-7-13(10-12)17(20)18-14-8-9-16(15(11-14)23-4)24(21,22)19(2)3/h5-11H,1-4H3,(H,18,20). The fraction of sp³-hybridized carbons (Fsp3) is 0.235. The van der Waals surface area contributed by atoms with Crippen LogP contribution in [0.15, 0.2) is 47.4 Å². The summed E-state index contributed by atoms with van der Waals surface area (Å²) in [5.74, 6) is -0.102. The van der Waals surface area contributed by atoms with Crippen LogP contribution < -0.4 is 10.1 Å². The Morgan fingerprint density at radius 2 is 1.83 bits per heavy atom. The first-order chi connectivity index (χ1) is 11.3. The van der Waals surface area contributed by atoms with Gasteiger partial charge in [-0.2, -0.15) is 0 Å². The van der Waals surface area contributed by atoms with Crippen molar-refractivity contribution in [3.8, 4) is 5.75 Å². The molecule has 0 saturated heterocycles. The second-order valence-corrected chi connectivity index (χ2v) is 7.60. The second-order valence-electron chi connectivity index (χ2n) is 5.48. The second kappa shape index (κ2) is 7.02. The van der Waals surface area contributed by atoms with Gasteiger partial charge >= 0.3 is 0 Å². The Labute approximate surface area is 142 Å². The van der Waals surface area contributed by atoms with Gasteiger partial charge in [0.05, 0.1) is 7.11 Å². The fourth-order valence-electron chi connectivity index (χ4n) is 2.14. The fourth-order valence-corrected chi connectivity index (χ4v) is 3.17. The summed E-state index contributed by atoms with van der Waals surface area (Å²) in [6.07, 6.45) is 0. The highest BCUT2D eigenvalue weighted by molar-refractivity contribution is 7.89. The number of hydrogen-bond donors (Lipinski definition) is 1. The first-order valence-electron chi connectivity index (χ1n) is 7.24. The third-order valence-electron chi connectivity index (χ3n) is 3.46. The lowest BCUT2D eigenvalue weighted by molar-refractivity contribution is 0.102. The van der Waals surface area contributed by atoms with Gasteiger partial charge < -0.3 is 10.1 Å². The van der Waals surface area contributed by atoms with Crippen molar-refractivity contribution < 1.29 is 17.9 Å². The lowest BCUT2D eigenvalue weighted by Crippen LogP contribution is -2.23. The molecule has 7 heteroatoms. The van der Waals surface area contributed by atoms with Crippen molar-refractivity contribution in [1.29, 1.82) is 0 Å². The van der Waals surface area contributed by atoms with Crippen molar-refractivity contribution >= 4 is 21.6 Å². The highest BCUT2D eigenvalue weighted by atomic mass is 32.2. The third kappa shape index (κ3) is 3.74. The van der Waals surface area contributed by atoms with E-state index in [1.807, 2.05) is 13.0 Å². The summed E-state index contributed by atoms with van der Waals surface area (Å²) < 4.78 is 30.8. The third-order valence-corrected chi connectivity index (χ3v) is 5.31. The molecule has 0 unspecified atom stereocenters. The van der Waals surface area contributed by atoms with E-state index in [1.165, 1.54) is 39.4 Å². The Kier molecular flexibility index (Phi) is 5.26. The number of ether oxygens (including phenoxy) is 1. The summed E-state index contributed by atoms with van der Waals surface area (Å²) in [5, 5.41) is 2.74. The molecule has 1 N–H and O–H groups in total. The Balaban J connectivity index is 2.32. The number of nitrogens with zero attached hydrogens (tertiary/aromatic N) is 1. The molecule has 0 bridgehead atoms. The van der Waals surface area contributed by atoms with Gasteiger partial charge in [-0.25, -0.2) is 12.7 Å². The molecule has 0 spiro atoms. The van der Waals surface area contributed by atoms with Gasteiger partial charge in [-0.05, 0) is 31.2 Å². The number of hydrogen-bond acceptors (Lipinski definition) is 4. The number of sulfonamides is 1. The van der Waals surface area contributed by atoms with E-state index in [4.69, 9.17) is 4.74 Å². The molecule has 2 aromatic carbocycles. The largest absolute Gasteiger partial charge is 0.495 e. The van der Waals surface area contributed by atoms with Gasteiger partial charge in [0.15, 0.2) is 0 Å². The number of carbonyl (C=O) groups excluding carboxylic acids is 1. The molecular weight excluding hydrogens is 328 g/mol. The smallest absolute Gasteiger partial charge is 0.255 e. The number of aryl methyl sites for hydroxylation is 1. The van der Waals surface area contributed by atoms with Crippen molar-refractivity contribution in [2.45, 2.75) is 11.8 Å². The molecule has 128 valence electrons. The molecule has 0 atom stereocenters. The number of methoxy groups -OCH3 is 1. The summed E-state index contributed by atoms with van der Waals surface area (Å²) in [4.78, 5) is 12.3. The van der Waals surface area contributed by atoms with Crippen LogP contribution in [-0.4, -0.2) is 39.8 Å². The van der Waals surface area contributed by atoms with E-state index in [0.717, 1.165) is 9.87 Å². The highest BCUT2D eigenvalue weighted by Gasteiger charge is 2.22. The number of amides is 1. The van der Waals surface area contributed by atoms with Crippen LogP contribution in [-0.2, 0) is 10.0 Å². The quantitative estimate of drug-likeness (QED) is 0.901. The average molecular weight is 348 g/mol. The Morgan fingerprint density at radius 3 is 2.42 bits per heavy atom. The molecule has 24 heavy (non-hydrogen) atoms. The minimum Gasteiger partial charge on any atom is -0.495 e. The van der Waals surface area contributed by atoms with Gasteiger partial charge in [0.1, 0.15) is 10.6 Å². The zero-order chi connectivity index (χ0) is 17.9. The van der Waals surface area contributed by atoms with Crippen LogP contribution in [0.2, 0.25) is 0 Å². The molecule has 0 fully saturated rings. The first-order valence-corrected chi connectivity index (χ1v) is 8.68. The maximum absolute atomic E-state index is 12.3. The summed E-state index contributed by atoms with van der Waals surface area (Å²) >= 11 is 0. The summed E-state index contributed by atoms with van der Waals surface area (Å²) in [5.41, 5.74) is 1.96. The number of benzene rings is 2. The Bertz CT molecular complexity index is 861. The van der Waals surface area contributed by atoms with Crippen LogP contribution in [0.1, 0.15) is 15.9 Å². The van der Waals surface area contributed by atoms with Gasteiger partial charge in [-0.15, -0.1) is 0 Å². The normalized spacial score (nSPS) is 11.4. The van der Waals surface area contributed by atoms with E-state index in [-0.39, 0.29) is 16.6 Å². The van der Waals surface area contributed by atoms with E-state index < -0.39 is 10.0 Å². The summed E-state index contributed by atoms with van der Waals surface area (Å²) in [7, 11) is 0.651. The molecule has 0 aliphatic rings. The monoisotopic (exact) mass is 348 g/mol. The topological polar surface area (TPSA) is 75.7 Å². The summed E-state index contributed by atoms with van der Waals surface area (Å²) in [6.45, 7) is 1.90. The Hall–Kier alpha value is -2.38. The maximum atomic E-state index is 12.3. The van der Waals surface area contributed by atoms with E-state index >= 15 is 0 Å². The van der Waals surface area contributed by atoms with Gasteiger partial charge in [0.2, 0.25) is 10.0 Å². The molecule has 0 aromatic heterocycles. The van der Waals surface area contributed by atoms with Crippen molar-refractivity contribution in [2.75, 3.05) is 26.5 Å². The molecular formula is C17H20N2O4S. The molecule has 2 rings (SSSR count). The molecule has 2 aromatic rings. The van der Waals surface area contributed by atoms with Crippen molar-refractivity contribution in [3.63, 3.8) is 0 Å². The van der Waals surface area contributed by atoms with Crippen LogP contribution in [0, 0.1) is 6.92 Å². The van der Waals surface area contributed by atoms with Crippen molar-refractivity contribution in [3.05, 3.63) is 53.6 Å². The average Bonchev–Trinajstić information content (AvgIpc) is 2.54. The zero-order valence-corrected chi connectivity index (χ0v) is 14.8. The van der Waals surface area contributed by atoms with E-state index in [2.05, 4.69) is 5.32 Å². The van der Waals surface area contributed by atoms with Crippen LogP contribution in [0.25, 0.3) is 0 Å². The van der Waals surface area contributed by atoms with Gasteiger partial charge in [0.25, 0.3) is 5.91 Å². The van der Waals surface area contributed by atoms with E-state index in [1.54, 1.807) is 18.2 Å². The minimum absolute atomic E-state index is 0.0450. The molecule has 0 saturated carbocycles. The molecule has 0 aliphatic carbocycles. The lowest BCUT2D eigenvalue weighted by atomic mass is 10.1. The molecule has 0 heterocycles. The zero-order valence-electron chi connectivity index (χ0n) is 14.0. The molecule has 0 aliphatic heterocycles. The number of carbonyl (C=O) groups is 1. The van der Waals surface area contributed by atoms with Crippen LogP contribution in [0.5, 0.6) is 5.75 Å². The van der Waals surface area contributed by atoms with E-state index in [9.17, 15) is 13.2 Å². The lowest BCUT2D eigenvalue weighted by Gasteiger charge is -2.15. The number of nitrogens with one attached hydrogen (secondary N) is 1. The molecule has 6 nitrogen and oxygen atoms in total. The Morgan fingerprint density at radius 1 is 1.12 bits per heavy atom. The van der Waals surface area contributed by atoms with Gasteiger partial charge in [-0.1, -0.05) is 17.7 Å². The number of anilines is 1. The SMILES string of the molecule is COc1cc(NC(=O)c2cccc(C)c2)ccc1S(=O)(=O)N(C)C. The van der Waals surface area contributed by atoms with E-state index in [0.29, 0.717) is 11.3 Å². The predicted molar refractivity (Wildman–Crippen MR) is 93.0 cm³/mol. The number of rotatable bonds is 5. The maximum Gasteiger partial charge on any atom is 0.255 e. The minimum atomic E-state index is -3.63. The predicted octanol–water partition coefficient (Wildman–Crippen LogP) is 2.51. The van der Waals surface area contributed by atoms with Crippen LogP contribution >= 0.6 is 0 Å². The van der Waals surface area contributed by atoms with Crippen LogP contribution in [0.3, 0.4) is 0 Å². The van der Waals surface area contributed by atoms with Crippen molar-refractivity contribution in [2.24, 2.45) is 0 Å². The molecule has 1 amide bonds. The first kappa shape index (κ1) is 18.0. The van der Waals surface area contributed by atoms with Gasteiger partial charge in [-0.3, -0.25) is 4.79 Å².